The van der Waals surface area contributed by atoms with Gasteiger partial charge in [-0.3, -0.25) is 10.2 Å². The Morgan fingerprint density at radius 2 is 1.62 bits per heavy atom. The number of carbonyl (C=O) groups excluding carboxylic acids is 1. The van der Waals surface area contributed by atoms with Crippen molar-refractivity contribution in [3.63, 3.8) is 0 Å². The van der Waals surface area contributed by atoms with Gasteiger partial charge in [0.15, 0.2) is 0 Å². The number of anilines is 1. The van der Waals surface area contributed by atoms with E-state index < -0.39 is 0 Å². The highest BCUT2D eigenvalue weighted by atomic mass is 16.2. The molecule has 2 atom stereocenters. The van der Waals surface area contributed by atoms with Crippen molar-refractivity contribution in [2.24, 2.45) is 22.0 Å². The minimum Gasteiger partial charge on any atom is -0.279 e. The molecule has 0 aromatic heterocycles. The quantitative estimate of drug-likeness (QED) is 0.751. The average molecular weight is 354 g/mol. The number of hydrazone groups is 2. The minimum absolute atomic E-state index is 0.169. The summed E-state index contributed by atoms with van der Waals surface area (Å²) >= 11 is 0. The molecular formula is C21H30N4O. The van der Waals surface area contributed by atoms with Gasteiger partial charge in [0.05, 0.1) is 5.69 Å². The highest BCUT2D eigenvalue weighted by Crippen LogP contribution is 2.22. The van der Waals surface area contributed by atoms with Crippen molar-refractivity contribution in [3.05, 3.63) is 29.8 Å². The molecule has 2 aliphatic carbocycles. The Morgan fingerprint density at radius 1 is 0.962 bits per heavy atom. The summed E-state index contributed by atoms with van der Waals surface area (Å²) in [5.41, 5.74) is 9.61. The second-order valence-electron chi connectivity index (χ2n) is 7.63. The van der Waals surface area contributed by atoms with Crippen molar-refractivity contribution in [3.8, 4) is 0 Å². The molecular weight excluding hydrogens is 324 g/mol. The number of carbonyl (C=O) groups is 1. The Morgan fingerprint density at radius 3 is 2.27 bits per heavy atom. The van der Waals surface area contributed by atoms with E-state index in [9.17, 15) is 4.79 Å². The van der Waals surface area contributed by atoms with Gasteiger partial charge in [0.25, 0.3) is 5.91 Å². The van der Waals surface area contributed by atoms with Crippen LogP contribution in [0.2, 0.25) is 0 Å². The van der Waals surface area contributed by atoms with Crippen LogP contribution in [0.15, 0.2) is 34.5 Å². The first-order chi connectivity index (χ1) is 12.6. The Balaban J connectivity index is 1.62. The van der Waals surface area contributed by atoms with Gasteiger partial charge in [-0.2, -0.15) is 10.2 Å². The topological polar surface area (TPSA) is 65.8 Å². The number of benzene rings is 1. The Bertz CT molecular complexity index is 695. The lowest BCUT2D eigenvalue weighted by molar-refractivity contribution is 0.0954. The van der Waals surface area contributed by atoms with Crippen LogP contribution in [0.4, 0.5) is 5.69 Å². The standard InChI is InChI=1S/C21H30N4O/c1-15-8-3-5-12-19(15)23-22-18-11-7-10-17(14-18)21(26)25-24-20-13-6-4-9-16(20)2/h7,10-11,14-16,22H,3-6,8-9,12-13H2,1-2H3,(H,25,26)/b23-19?,24-20-/t15-,16+/m1/s1. The highest BCUT2D eigenvalue weighted by Gasteiger charge is 2.17. The van der Waals surface area contributed by atoms with Crippen LogP contribution in [0.25, 0.3) is 0 Å². The number of hydrogen-bond donors (Lipinski definition) is 2. The zero-order valence-corrected chi connectivity index (χ0v) is 15.9. The monoisotopic (exact) mass is 354 g/mol. The molecule has 5 heteroatoms. The molecule has 2 fully saturated rings. The maximum atomic E-state index is 12.4. The summed E-state index contributed by atoms with van der Waals surface area (Å²) in [5, 5.41) is 8.94. The maximum Gasteiger partial charge on any atom is 0.271 e. The van der Waals surface area contributed by atoms with E-state index in [1.54, 1.807) is 6.07 Å². The van der Waals surface area contributed by atoms with Crippen LogP contribution >= 0.6 is 0 Å². The van der Waals surface area contributed by atoms with Gasteiger partial charge in [0, 0.05) is 17.0 Å². The van der Waals surface area contributed by atoms with Gasteiger partial charge in [0.1, 0.15) is 0 Å². The summed E-state index contributed by atoms with van der Waals surface area (Å²) in [6, 6.07) is 7.44. The third-order valence-corrected chi connectivity index (χ3v) is 5.53. The molecule has 0 heterocycles. The largest absolute Gasteiger partial charge is 0.279 e. The normalized spacial score (nSPS) is 26.7. The molecule has 0 aliphatic heterocycles. The fourth-order valence-corrected chi connectivity index (χ4v) is 3.72. The third-order valence-electron chi connectivity index (χ3n) is 5.53. The predicted octanol–water partition coefficient (Wildman–Crippen LogP) is 4.96. The molecule has 5 nitrogen and oxygen atoms in total. The smallest absolute Gasteiger partial charge is 0.271 e. The summed E-state index contributed by atoms with van der Waals surface area (Å²) < 4.78 is 0. The molecule has 0 unspecified atom stereocenters. The number of nitrogens with one attached hydrogen (secondary N) is 2. The molecule has 0 bridgehead atoms. The summed E-state index contributed by atoms with van der Waals surface area (Å²) in [5.74, 6) is 0.832. The van der Waals surface area contributed by atoms with Crippen LogP contribution in [0, 0.1) is 11.8 Å². The number of hydrogen-bond acceptors (Lipinski definition) is 4. The average Bonchev–Trinajstić information content (AvgIpc) is 2.67. The molecule has 1 amide bonds. The summed E-state index contributed by atoms with van der Waals surface area (Å²) in [6.45, 7) is 4.41. The molecule has 3 rings (SSSR count). The van der Waals surface area contributed by atoms with Gasteiger partial charge in [-0.1, -0.05) is 32.8 Å². The van der Waals surface area contributed by atoms with E-state index in [0.717, 1.165) is 37.1 Å². The molecule has 1 aromatic rings. The lowest BCUT2D eigenvalue weighted by atomic mass is 9.89. The van der Waals surface area contributed by atoms with Crippen molar-refractivity contribution < 1.29 is 4.79 Å². The van der Waals surface area contributed by atoms with E-state index in [1.165, 1.54) is 31.4 Å². The minimum atomic E-state index is -0.169. The number of rotatable bonds is 4. The van der Waals surface area contributed by atoms with E-state index in [4.69, 9.17) is 0 Å². The predicted molar refractivity (Wildman–Crippen MR) is 108 cm³/mol. The molecule has 26 heavy (non-hydrogen) atoms. The molecule has 0 spiro atoms. The lowest BCUT2D eigenvalue weighted by Crippen LogP contribution is -2.24. The Labute approximate surface area is 156 Å². The highest BCUT2D eigenvalue weighted by molar-refractivity contribution is 5.96. The van der Waals surface area contributed by atoms with E-state index in [-0.39, 0.29) is 5.91 Å². The van der Waals surface area contributed by atoms with Crippen LogP contribution in [-0.4, -0.2) is 17.3 Å². The van der Waals surface area contributed by atoms with Gasteiger partial charge in [-0.05, 0) is 68.6 Å². The molecule has 1 aromatic carbocycles. The van der Waals surface area contributed by atoms with E-state index in [0.29, 0.717) is 17.4 Å². The lowest BCUT2D eigenvalue weighted by Gasteiger charge is -2.20. The number of amides is 1. The Kier molecular flexibility index (Phi) is 6.42. The van der Waals surface area contributed by atoms with Crippen LogP contribution < -0.4 is 10.9 Å². The summed E-state index contributed by atoms with van der Waals surface area (Å²) in [7, 11) is 0. The number of nitrogens with zero attached hydrogens (tertiary/aromatic N) is 2. The summed E-state index contributed by atoms with van der Waals surface area (Å²) in [6.07, 6.45) is 9.33. The molecule has 0 radical (unpaired) electrons. The molecule has 2 aliphatic rings. The first-order valence-electron chi connectivity index (χ1n) is 9.93. The second-order valence-corrected chi connectivity index (χ2v) is 7.63. The zero-order valence-electron chi connectivity index (χ0n) is 15.9. The molecule has 140 valence electrons. The third kappa shape index (κ3) is 4.93. The molecule has 0 saturated heterocycles. The molecule has 2 N–H and O–H groups in total. The van der Waals surface area contributed by atoms with E-state index >= 15 is 0 Å². The molecule has 2 saturated carbocycles. The van der Waals surface area contributed by atoms with Gasteiger partial charge in [-0.25, -0.2) is 5.43 Å². The van der Waals surface area contributed by atoms with Crippen molar-refractivity contribution in [1.29, 1.82) is 0 Å². The van der Waals surface area contributed by atoms with Gasteiger partial charge in [0.2, 0.25) is 0 Å². The van der Waals surface area contributed by atoms with Gasteiger partial charge < -0.3 is 0 Å². The zero-order chi connectivity index (χ0) is 18.4. The van der Waals surface area contributed by atoms with Crippen LogP contribution in [0.5, 0.6) is 0 Å². The van der Waals surface area contributed by atoms with Crippen LogP contribution in [-0.2, 0) is 0 Å². The van der Waals surface area contributed by atoms with E-state index in [1.807, 2.05) is 18.2 Å². The first kappa shape index (κ1) is 18.6. The Hall–Kier alpha value is -2.17. The van der Waals surface area contributed by atoms with Crippen LogP contribution in [0.3, 0.4) is 0 Å². The van der Waals surface area contributed by atoms with Crippen molar-refractivity contribution in [2.75, 3.05) is 5.43 Å². The van der Waals surface area contributed by atoms with Crippen LogP contribution in [0.1, 0.15) is 75.6 Å². The van der Waals surface area contributed by atoms with Gasteiger partial charge >= 0.3 is 0 Å². The SMILES string of the molecule is C[C@@H]1CCCCC1=NNc1cccc(C(=O)N/N=C2/CCCC[C@@H]2C)c1. The fraction of sp³-hybridized carbons (Fsp3) is 0.571. The maximum absolute atomic E-state index is 12.4. The van der Waals surface area contributed by atoms with E-state index in [2.05, 4.69) is 34.9 Å². The van der Waals surface area contributed by atoms with Crippen molar-refractivity contribution in [1.82, 2.24) is 5.43 Å². The second kappa shape index (κ2) is 8.97. The first-order valence-corrected chi connectivity index (χ1v) is 9.93. The van der Waals surface area contributed by atoms with Crippen molar-refractivity contribution in [2.45, 2.75) is 65.2 Å². The van der Waals surface area contributed by atoms with Crippen molar-refractivity contribution >= 4 is 23.0 Å². The fourth-order valence-electron chi connectivity index (χ4n) is 3.72. The van der Waals surface area contributed by atoms with Gasteiger partial charge in [-0.15, -0.1) is 0 Å². The summed E-state index contributed by atoms with van der Waals surface area (Å²) in [4.78, 5) is 12.4.